The van der Waals surface area contributed by atoms with Crippen molar-refractivity contribution in [3.63, 3.8) is 0 Å². The van der Waals surface area contributed by atoms with Crippen molar-refractivity contribution in [1.82, 2.24) is 14.9 Å². The summed E-state index contributed by atoms with van der Waals surface area (Å²) in [5, 5.41) is 2.89. The number of imidazole rings is 1. The topological polar surface area (TPSA) is 72.9 Å². The summed E-state index contributed by atoms with van der Waals surface area (Å²) in [7, 11) is 1.83. The molecule has 0 aliphatic heterocycles. The number of rotatable bonds is 6. The quantitative estimate of drug-likeness (QED) is 0.804. The monoisotopic (exact) mass is 260 g/mol. The molecule has 1 rings (SSSR count). The van der Waals surface area contributed by atoms with Crippen LogP contribution in [0.2, 0.25) is 0 Å². The van der Waals surface area contributed by atoms with Crippen molar-refractivity contribution in [2.24, 2.45) is 12.8 Å². The lowest BCUT2D eigenvalue weighted by atomic mass is 10.1. The first-order valence-corrected chi connectivity index (χ1v) is 5.66. The van der Waals surface area contributed by atoms with Gasteiger partial charge in [-0.1, -0.05) is 19.8 Å². The van der Waals surface area contributed by atoms with E-state index in [1.165, 1.54) is 0 Å². The van der Waals surface area contributed by atoms with Crippen LogP contribution in [0.5, 0.6) is 0 Å². The van der Waals surface area contributed by atoms with Gasteiger partial charge in [-0.25, -0.2) is 4.98 Å². The van der Waals surface area contributed by atoms with E-state index in [2.05, 4.69) is 17.2 Å². The van der Waals surface area contributed by atoms with Crippen LogP contribution in [0.15, 0.2) is 12.5 Å². The molecular weight excluding hydrogens is 240 g/mol. The Balaban J connectivity index is 0.00000256. The minimum Gasteiger partial charge on any atom is -0.347 e. The van der Waals surface area contributed by atoms with Crippen molar-refractivity contribution in [2.75, 3.05) is 6.54 Å². The normalized spacial score (nSPS) is 11.7. The van der Waals surface area contributed by atoms with Gasteiger partial charge in [-0.3, -0.25) is 4.79 Å². The number of aryl methyl sites for hydroxylation is 1. The maximum atomic E-state index is 11.7. The van der Waals surface area contributed by atoms with E-state index in [-0.39, 0.29) is 24.4 Å². The van der Waals surface area contributed by atoms with Crippen LogP contribution >= 0.6 is 12.4 Å². The minimum atomic E-state index is -0.146. The molecule has 1 amide bonds. The van der Waals surface area contributed by atoms with Gasteiger partial charge >= 0.3 is 0 Å². The second kappa shape index (κ2) is 8.08. The molecule has 0 aromatic carbocycles. The summed E-state index contributed by atoms with van der Waals surface area (Å²) >= 11 is 0. The summed E-state index contributed by atoms with van der Waals surface area (Å²) in [6.07, 6.45) is 6.41. The predicted molar refractivity (Wildman–Crippen MR) is 70.3 cm³/mol. The summed E-state index contributed by atoms with van der Waals surface area (Å²) in [5.41, 5.74) is 6.05. The Morgan fingerprint density at radius 2 is 2.35 bits per heavy atom. The van der Waals surface area contributed by atoms with Crippen molar-refractivity contribution in [1.29, 1.82) is 0 Å². The Bertz CT molecular complexity index is 340. The molecule has 0 saturated carbocycles. The van der Waals surface area contributed by atoms with Gasteiger partial charge in [0.05, 0.1) is 6.33 Å². The van der Waals surface area contributed by atoms with Crippen LogP contribution in [0.4, 0.5) is 0 Å². The van der Waals surface area contributed by atoms with Gasteiger partial charge in [-0.15, -0.1) is 12.4 Å². The lowest BCUT2D eigenvalue weighted by Crippen LogP contribution is -2.40. The van der Waals surface area contributed by atoms with Gasteiger partial charge in [0.1, 0.15) is 5.69 Å². The highest BCUT2D eigenvalue weighted by Gasteiger charge is 2.13. The van der Waals surface area contributed by atoms with Gasteiger partial charge in [0.25, 0.3) is 5.91 Å². The van der Waals surface area contributed by atoms with E-state index in [0.717, 1.165) is 19.3 Å². The molecule has 5 nitrogen and oxygen atoms in total. The molecule has 1 aromatic heterocycles. The molecule has 1 atom stereocenters. The fraction of sp³-hybridized carbons (Fsp3) is 0.636. The maximum absolute atomic E-state index is 11.7. The molecule has 0 bridgehead atoms. The molecule has 0 aliphatic carbocycles. The van der Waals surface area contributed by atoms with Gasteiger partial charge in [0.2, 0.25) is 0 Å². The highest BCUT2D eigenvalue weighted by Crippen LogP contribution is 2.01. The lowest BCUT2D eigenvalue weighted by molar-refractivity contribution is 0.0931. The first kappa shape index (κ1) is 15.9. The van der Waals surface area contributed by atoms with Gasteiger partial charge < -0.3 is 15.6 Å². The zero-order valence-corrected chi connectivity index (χ0v) is 11.2. The van der Waals surface area contributed by atoms with Crippen LogP contribution in [-0.2, 0) is 7.05 Å². The van der Waals surface area contributed by atoms with Crippen molar-refractivity contribution in [3.8, 4) is 0 Å². The van der Waals surface area contributed by atoms with Crippen molar-refractivity contribution in [2.45, 2.75) is 32.2 Å². The smallest absolute Gasteiger partial charge is 0.271 e. The molecule has 0 radical (unpaired) electrons. The number of hydrogen-bond donors (Lipinski definition) is 2. The van der Waals surface area contributed by atoms with E-state index in [4.69, 9.17) is 5.73 Å². The fourth-order valence-electron chi connectivity index (χ4n) is 1.49. The van der Waals surface area contributed by atoms with Crippen LogP contribution < -0.4 is 11.1 Å². The molecule has 1 aromatic rings. The van der Waals surface area contributed by atoms with Crippen LogP contribution in [0.3, 0.4) is 0 Å². The molecule has 0 fully saturated rings. The molecule has 1 heterocycles. The van der Waals surface area contributed by atoms with Crippen molar-refractivity contribution in [3.05, 3.63) is 18.2 Å². The predicted octanol–water partition coefficient (Wildman–Crippen LogP) is 1.09. The number of aromatic nitrogens is 2. The SMILES string of the molecule is CCCCC(CN)NC(=O)c1cn(C)cn1.Cl. The molecule has 98 valence electrons. The van der Waals surface area contributed by atoms with Gasteiger partial charge in [-0.2, -0.15) is 0 Å². The third-order valence-corrected chi connectivity index (χ3v) is 2.46. The average Bonchev–Trinajstić information content (AvgIpc) is 2.70. The number of halogens is 1. The standard InChI is InChI=1S/C11H20N4O.ClH/c1-3-4-5-9(6-12)14-11(16)10-7-15(2)8-13-10;/h7-9H,3-6,12H2,1-2H3,(H,14,16);1H. The number of unbranched alkanes of at least 4 members (excludes halogenated alkanes) is 1. The zero-order chi connectivity index (χ0) is 12.0. The lowest BCUT2D eigenvalue weighted by Gasteiger charge is -2.15. The van der Waals surface area contributed by atoms with E-state index in [1.807, 2.05) is 7.05 Å². The zero-order valence-electron chi connectivity index (χ0n) is 10.3. The van der Waals surface area contributed by atoms with E-state index < -0.39 is 0 Å². The third-order valence-electron chi connectivity index (χ3n) is 2.46. The number of nitrogens with two attached hydrogens (primary N) is 1. The number of nitrogens with one attached hydrogen (secondary N) is 1. The Kier molecular flexibility index (Phi) is 7.58. The summed E-state index contributed by atoms with van der Waals surface area (Å²) in [6.45, 7) is 2.59. The van der Waals surface area contributed by atoms with E-state index in [1.54, 1.807) is 17.1 Å². The second-order valence-electron chi connectivity index (χ2n) is 3.97. The average molecular weight is 261 g/mol. The molecule has 0 aliphatic rings. The molecule has 17 heavy (non-hydrogen) atoms. The summed E-state index contributed by atoms with van der Waals surface area (Å²) < 4.78 is 1.75. The molecule has 0 spiro atoms. The summed E-state index contributed by atoms with van der Waals surface area (Å²) in [5.74, 6) is -0.146. The summed E-state index contributed by atoms with van der Waals surface area (Å²) in [4.78, 5) is 15.7. The first-order valence-electron chi connectivity index (χ1n) is 5.66. The van der Waals surface area contributed by atoms with E-state index >= 15 is 0 Å². The highest BCUT2D eigenvalue weighted by atomic mass is 35.5. The van der Waals surface area contributed by atoms with Gasteiger partial charge in [-0.05, 0) is 6.42 Å². The van der Waals surface area contributed by atoms with Crippen LogP contribution in [0.1, 0.15) is 36.7 Å². The molecule has 1 unspecified atom stereocenters. The number of nitrogens with zero attached hydrogens (tertiary/aromatic N) is 2. The summed E-state index contributed by atoms with van der Waals surface area (Å²) in [6, 6.07) is 0.0504. The van der Waals surface area contributed by atoms with E-state index in [9.17, 15) is 4.79 Å². The minimum absolute atomic E-state index is 0. The van der Waals surface area contributed by atoms with Crippen LogP contribution in [-0.4, -0.2) is 28.0 Å². The largest absolute Gasteiger partial charge is 0.347 e. The maximum Gasteiger partial charge on any atom is 0.271 e. The molecule has 0 saturated heterocycles. The Labute approximate surface area is 108 Å². The number of carbonyl (C=O) groups excluding carboxylic acids is 1. The number of carbonyl (C=O) groups is 1. The molecule has 3 N–H and O–H groups in total. The van der Waals surface area contributed by atoms with E-state index in [0.29, 0.717) is 12.2 Å². The van der Waals surface area contributed by atoms with Crippen molar-refractivity contribution >= 4 is 18.3 Å². The Morgan fingerprint density at radius 3 is 2.82 bits per heavy atom. The third kappa shape index (κ3) is 5.19. The first-order chi connectivity index (χ1) is 7.67. The Morgan fingerprint density at radius 1 is 1.65 bits per heavy atom. The number of hydrogen-bond acceptors (Lipinski definition) is 3. The Hall–Kier alpha value is -1.07. The fourth-order valence-corrected chi connectivity index (χ4v) is 1.49. The van der Waals surface area contributed by atoms with Crippen LogP contribution in [0.25, 0.3) is 0 Å². The highest BCUT2D eigenvalue weighted by molar-refractivity contribution is 5.92. The number of amides is 1. The van der Waals surface area contributed by atoms with Crippen molar-refractivity contribution < 1.29 is 4.79 Å². The molecular formula is C11H21ClN4O. The second-order valence-corrected chi connectivity index (χ2v) is 3.97. The van der Waals surface area contributed by atoms with Gasteiger partial charge in [0, 0.05) is 25.8 Å². The van der Waals surface area contributed by atoms with Crippen LogP contribution in [0, 0.1) is 0 Å². The molecule has 6 heteroatoms. The van der Waals surface area contributed by atoms with Gasteiger partial charge in [0.15, 0.2) is 0 Å².